The molecule has 194 valence electrons. The number of hydrazine groups is 1. The van der Waals surface area contributed by atoms with Crippen LogP contribution in [0.2, 0.25) is 0 Å². The van der Waals surface area contributed by atoms with E-state index in [0.29, 0.717) is 17.4 Å². The summed E-state index contributed by atoms with van der Waals surface area (Å²) in [6.07, 6.45) is 16.1. The molecule has 2 N–H and O–H groups in total. The highest BCUT2D eigenvalue weighted by molar-refractivity contribution is 7.13. The van der Waals surface area contributed by atoms with Crippen LogP contribution in [0.15, 0.2) is 17.1 Å². The molecule has 0 aromatic carbocycles. The van der Waals surface area contributed by atoms with Gasteiger partial charge in [-0.05, 0) is 101 Å². The molecule has 3 aliphatic carbocycles. The van der Waals surface area contributed by atoms with Gasteiger partial charge in [0.05, 0.1) is 12.0 Å². The number of hydrogen-bond donors (Lipinski definition) is 1. The van der Waals surface area contributed by atoms with Crippen molar-refractivity contribution in [3.05, 3.63) is 21.9 Å². The van der Waals surface area contributed by atoms with E-state index in [-0.39, 0.29) is 12.0 Å². The molecule has 6 heteroatoms. The second-order valence-corrected chi connectivity index (χ2v) is 13.4. The topological polar surface area (TPSA) is 61.9 Å². The molecule has 3 aliphatic rings. The molecule has 0 aliphatic heterocycles. The third-order valence-electron chi connectivity index (χ3n) is 8.74. The molecule has 0 bridgehead atoms. The molecule has 1 aromatic heterocycles. The van der Waals surface area contributed by atoms with E-state index < -0.39 is 0 Å². The van der Waals surface area contributed by atoms with Gasteiger partial charge in [-0.15, -0.1) is 11.3 Å². The fourth-order valence-electron chi connectivity index (χ4n) is 6.21. The first-order valence-electron chi connectivity index (χ1n) is 13.8. The third kappa shape index (κ3) is 6.19. The van der Waals surface area contributed by atoms with E-state index in [9.17, 15) is 4.79 Å². The highest BCUT2D eigenvalue weighted by Crippen LogP contribution is 2.44. The molecule has 35 heavy (non-hydrogen) atoms. The molecule has 2 fully saturated rings. The van der Waals surface area contributed by atoms with E-state index in [1.165, 1.54) is 40.3 Å². The van der Waals surface area contributed by atoms with Crippen LogP contribution in [-0.2, 0) is 4.79 Å². The monoisotopic (exact) mass is 498 g/mol. The van der Waals surface area contributed by atoms with Gasteiger partial charge in [-0.1, -0.05) is 26.8 Å². The number of amides is 1. The quantitative estimate of drug-likeness (QED) is 0.200. The summed E-state index contributed by atoms with van der Waals surface area (Å²) in [5.74, 6) is 7.49. The number of anilines is 1. The van der Waals surface area contributed by atoms with Crippen LogP contribution in [0, 0.1) is 24.2 Å². The highest BCUT2D eigenvalue weighted by atomic mass is 32.1. The molecule has 5 nitrogen and oxygen atoms in total. The summed E-state index contributed by atoms with van der Waals surface area (Å²) in [6, 6.07) is 2.90. The molecule has 0 radical (unpaired) electrons. The number of aryl methyl sites for hydroxylation is 1. The molecule has 1 heterocycles. The average Bonchev–Trinajstić information content (AvgIpc) is 3.21. The molecular weight excluding hydrogens is 452 g/mol. The maximum Gasteiger partial charge on any atom is 0.230 e. The largest absolute Gasteiger partial charge is 0.308 e. The Kier molecular flexibility index (Phi) is 8.42. The first-order chi connectivity index (χ1) is 16.7. The summed E-state index contributed by atoms with van der Waals surface area (Å²) in [4.78, 5) is 23.1. The van der Waals surface area contributed by atoms with Crippen molar-refractivity contribution in [2.24, 2.45) is 28.1 Å². The molecule has 0 saturated heterocycles. The second-order valence-electron chi connectivity index (χ2n) is 12.1. The van der Waals surface area contributed by atoms with Crippen molar-refractivity contribution >= 4 is 34.8 Å². The van der Waals surface area contributed by atoms with Crippen molar-refractivity contribution < 1.29 is 4.79 Å². The zero-order chi connectivity index (χ0) is 25.2. The van der Waals surface area contributed by atoms with E-state index in [1.54, 1.807) is 18.4 Å². The van der Waals surface area contributed by atoms with Crippen molar-refractivity contribution in [1.82, 2.24) is 5.01 Å². The predicted octanol–water partition coefficient (Wildman–Crippen LogP) is 6.95. The van der Waals surface area contributed by atoms with Crippen molar-refractivity contribution in [1.29, 1.82) is 0 Å². The van der Waals surface area contributed by atoms with Gasteiger partial charge in [-0.25, -0.2) is 5.84 Å². The fraction of sp³-hybridized carbons (Fsp3) is 0.724. The Morgan fingerprint density at radius 1 is 1.11 bits per heavy atom. The van der Waals surface area contributed by atoms with Gasteiger partial charge < -0.3 is 4.90 Å². The van der Waals surface area contributed by atoms with Gasteiger partial charge in [0.25, 0.3) is 0 Å². The first kappa shape index (κ1) is 26.4. The molecular formula is C29H46N4OS. The molecule has 2 saturated carbocycles. The summed E-state index contributed by atoms with van der Waals surface area (Å²) >= 11 is 1.88. The number of carbonyl (C=O) groups is 1. The van der Waals surface area contributed by atoms with E-state index >= 15 is 0 Å². The summed E-state index contributed by atoms with van der Waals surface area (Å²) in [6.45, 7) is 9.27. The predicted molar refractivity (Wildman–Crippen MR) is 150 cm³/mol. The molecule has 1 aromatic rings. The van der Waals surface area contributed by atoms with Crippen LogP contribution < -0.4 is 10.7 Å². The lowest BCUT2D eigenvalue weighted by Gasteiger charge is -2.41. The number of aliphatic imine (C=N–C) groups is 1. The Bertz CT molecular complexity index is 932. The summed E-state index contributed by atoms with van der Waals surface area (Å²) in [7, 11) is 1.76. The Hall–Kier alpha value is -1.66. The van der Waals surface area contributed by atoms with Gasteiger partial charge in [0, 0.05) is 34.8 Å². The first-order valence-corrected chi connectivity index (χ1v) is 14.6. The number of allylic oxidation sites excluding steroid dienone is 2. The highest BCUT2D eigenvalue weighted by Gasteiger charge is 2.37. The SMILES string of the molecule is CN=CN(N)C1CCC(N(C(=O)C2CCC(C)CC2)c2cc(C3=CCC(C)(C)CC3)sc2C)CC1. The standard InChI is InChI=1S/C29H46N4OS/c1-20-6-8-23(9-7-20)28(34)33(25-12-10-24(11-13-25)32(30)19-31-5)26-18-27(35-21(26)2)22-14-16-29(3,4)17-15-22/h14,18-20,23-25H,6-13,15-17,30H2,1-5H3. The fourth-order valence-corrected chi connectivity index (χ4v) is 7.29. The minimum Gasteiger partial charge on any atom is -0.308 e. The minimum absolute atomic E-state index is 0.166. The van der Waals surface area contributed by atoms with Crippen LogP contribution >= 0.6 is 11.3 Å². The minimum atomic E-state index is 0.166. The molecule has 0 spiro atoms. The zero-order valence-electron chi connectivity index (χ0n) is 22.6. The van der Waals surface area contributed by atoms with Gasteiger partial charge in [0.15, 0.2) is 0 Å². The van der Waals surface area contributed by atoms with Crippen LogP contribution in [0.3, 0.4) is 0 Å². The smallest absolute Gasteiger partial charge is 0.230 e. The average molecular weight is 499 g/mol. The Balaban J connectivity index is 1.58. The molecule has 1 amide bonds. The van der Waals surface area contributed by atoms with Crippen LogP contribution in [-0.4, -0.2) is 36.4 Å². The maximum atomic E-state index is 14.1. The van der Waals surface area contributed by atoms with Crippen LogP contribution in [0.5, 0.6) is 0 Å². The lowest BCUT2D eigenvalue weighted by molar-refractivity contribution is -0.124. The van der Waals surface area contributed by atoms with Crippen molar-refractivity contribution in [2.45, 2.75) is 110 Å². The van der Waals surface area contributed by atoms with Crippen LogP contribution in [0.4, 0.5) is 5.69 Å². The van der Waals surface area contributed by atoms with Gasteiger partial charge >= 0.3 is 0 Å². The van der Waals surface area contributed by atoms with Crippen LogP contribution in [0.25, 0.3) is 5.57 Å². The summed E-state index contributed by atoms with van der Waals surface area (Å²) in [5, 5.41) is 1.76. The molecule has 0 unspecified atom stereocenters. The number of thiophene rings is 1. The van der Waals surface area contributed by atoms with Gasteiger partial charge in [-0.2, -0.15) is 0 Å². The normalized spacial score (nSPS) is 29.1. The van der Waals surface area contributed by atoms with E-state index in [2.05, 4.69) is 49.7 Å². The molecule has 0 atom stereocenters. The van der Waals surface area contributed by atoms with Crippen molar-refractivity contribution in [2.75, 3.05) is 11.9 Å². The summed E-state index contributed by atoms with van der Waals surface area (Å²) < 4.78 is 0. The number of nitrogens with two attached hydrogens (primary N) is 1. The maximum absolute atomic E-state index is 14.1. The Labute approximate surface area is 216 Å². The second kappa shape index (κ2) is 11.2. The van der Waals surface area contributed by atoms with E-state index in [1.807, 2.05) is 11.3 Å². The van der Waals surface area contributed by atoms with Gasteiger partial charge in [-0.3, -0.25) is 14.8 Å². The van der Waals surface area contributed by atoms with Crippen molar-refractivity contribution in [3.8, 4) is 0 Å². The van der Waals surface area contributed by atoms with Gasteiger partial charge in [0.2, 0.25) is 5.91 Å². The van der Waals surface area contributed by atoms with E-state index in [4.69, 9.17) is 5.84 Å². The number of nitrogens with zero attached hydrogens (tertiary/aromatic N) is 3. The lowest BCUT2D eigenvalue weighted by atomic mass is 9.78. The number of rotatable bonds is 6. The Morgan fingerprint density at radius 3 is 2.37 bits per heavy atom. The molecule has 4 rings (SSSR count). The number of carbonyl (C=O) groups excluding carboxylic acids is 1. The Morgan fingerprint density at radius 2 is 1.77 bits per heavy atom. The number of hydrogen-bond acceptors (Lipinski definition) is 4. The zero-order valence-corrected chi connectivity index (χ0v) is 23.4. The van der Waals surface area contributed by atoms with Gasteiger partial charge in [0.1, 0.15) is 0 Å². The third-order valence-corrected chi connectivity index (χ3v) is 9.86. The van der Waals surface area contributed by atoms with E-state index in [0.717, 1.165) is 57.3 Å². The van der Waals surface area contributed by atoms with Crippen LogP contribution in [0.1, 0.15) is 101 Å². The van der Waals surface area contributed by atoms with Crippen molar-refractivity contribution in [3.63, 3.8) is 0 Å². The summed E-state index contributed by atoms with van der Waals surface area (Å²) in [5.41, 5.74) is 3.04. The lowest BCUT2D eigenvalue weighted by Crippen LogP contribution is -2.49.